The Labute approximate surface area is 153 Å². The zero-order valence-electron chi connectivity index (χ0n) is 16.7. The monoisotopic (exact) mass is 339 g/mol. The van der Waals surface area contributed by atoms with Crippen molar-refractivity contribution in [1.29, 1.82) is 0 Å². The molecular weight excluding hydrogens is 306 g/mol. The predicted molar refractivity (Wildman–Crippen MR) is 109 cm³/mol. The van der Waals surface area contributed by atoms with Crippen molar-refractivity contribution < 1.29 is 4.74 Å². The van der Waals surface area contributed by atoms with E-state index in [0.717, 1.165) is 31.4 Å². The molecule has 0 saturated carbocycles. The molecular formula is C23H33NO. The van der Waals surface area contributed by atoms with E-state index in [2.05, 4.69) is 45.0 Å². The fourth-order valence-corrected chi connectivity index (χ4v) is 4.05. The standard InChI is InChI=1S/C21H27NO.C2H6/c1-5-14-11-15-7-10-20(22)19-12-16(23-4)8-9-18(19)21(15)13(3)17(14)6-2;1-2/h8-9,11-12,20H,5-7,10,22H2,1-4H3;1-2H3/t20-;/m0./s1. The Morgan fingerprint density at radius 2 is 1.84 bits per heavy atom. The van der Waals surface area contributed by atoms with Crippen molar-refractivity contribution in [1.82, 2.24) is 0 Å². The molecule has 0 aliphatic heterocycles. The van der Waals surface area contributed by atoms with E-state index in [9.17, 15) is 0 Å². The average molecular weight is 340 g/mol. The first-order chi connectivity index (χ1) is 12.1. The molecule has 25 heavy (non-hydrogen) atoms. The summed E-state index contributed by atoms with van der Waals surface area (Å²) < 4.78 is 5.41. The summed E-state index contributed by atoms with van der Waals surface area (Å²) in [5.74, 6) is 0.890. The largest absolute Gasteiger partial charge is 0.497 e. The van der Waals surface area contributed by atoms with Gasteiger partial charge < -0.3 is 10.5 Å². The number of fused-ring (bicyclic) bond motifs is 3. The summed E-state index contributed by atoms with van der Waals surface area (Å²) in [6.07, 6.45) is 4.21. The molecule has 0 saturated heterocycles. The number of hydrogen-bond acceptors (Lipinski definition) is 2. The summed E-state index contributed by atoms with van der Waals surface area (Å²) in [6.45, 7) is 10.8. The van der Waals surface area contributed by atoms with Crippen LogP contribution in [-0.2, 0) is 19.3 Å². The maximum absolute atomic E-state index is 6.48. The molecule has 3 rings (SSSR count). The highest BCUT2D eigenvalue weighted by Gasteiger charge is 2.23. The van der Waals surface area contributed by atoms with Crippen LogP contribution in [0.5, 0.6) is 5.75 Å². The Bertz CT molecular complexity index is 733. The summed E-state index contributed by atoms with van der Waals surface area (Å²) in [4.78, 5) is 0. The summed E-state index contributed by atoms with van der Waals surface area (Å²) in [6, 6.07) is 8.86. The van der Waals surface area contributed by atoms with Crippen molar-refractivity contribution in [3.63, 3.8) is 0 Å². The van der Waals surface area contributed by atoms with Crippen molar-refractivity contribution in [3.8, 4) is 16.9 Å². The molecule has 0 aromatic heterocycles. The number of ether oxygens (including phenoxy) is 1. The maximum atomic E-state index is 6.48. The first kappa shape index (κ1) is 19.5. The maximum Gasteiger partial charge on any atom is 0.119 e. The van der Waals surface area contributed by atoms with Crippen molar-refractivity contribution >= 4 is 0 Å². The van der Waals surface area contributed by atoms with Crippen molar-refractivity contribution in [2.45, 2.75) is 66.3 Å². The smallest absolute Gasteiger partial charge is 0.119 e. The highest BCUT2D eigenvalue weighted by molar-refractivity contribution is 5.78. The number of methoxy groups -OCH3 is 1. The number of rotatable bonds is 3. The van der Waals surface area contributed by atoms with Crippen LogP contribution in [0.2, 0.25) is 0 Å². The third-order valence-corrected chi connectivity index (χ3v) is 5.27. The second-order valence-electron chi connectivity index (χ2n) is 6.48. The Morgan fingerprint density at radius 3 is 2.44 bits per heavy atom. The Morgan fingerprint density at radius 1 is 1.12 bits per heavy atom. The molecule has 1 aliphatic rings. The van der Waals surface area contributed by atoms with Gasteiger partial charge in [0.1, 0.15) is 5.75 Å². The van der Waals surface area contributed by atoms with Crippen molar-refractivity contribution in [2.75, 3.05) is 7.11 Å². The second kappa shape index (κ2) is 8.53. The van der Waals surface area contributed by atoms with Crippen LogP contribution in [-0.4, -0.2) is 7.11 Å². The molecule has 0 unspecified atom stereocenters. The van der Waals surface area contributed by atoms with Crippen LogP contribution in [0.25, 0.3) is 11.1 Å². The van der Waals surface area contributed by atoms with E-state index in [1.165, 1.54) is 38.9 Å². The van der Waals surface area contributed by atoms with E-state index >= 15 is 0 Å². The molecule has 0 spiro atoms. The third kappa shape index (κ3) is 3.59. The van der Waals surface area contributed by atoms with Crippen LogP contribution in [0.4, 0.5) is 0 Å². The lowest BCUT2D eigenvalue weighted by Gasteiger charge is -2.20. The summed E-state index contributed by atoms with van der Waals surface area (Å²) >= 11 is 0. The Balaban J connectivity index is 0.00000109. The minimum Gasteiger partial charge on any atom is -0.497 e. The fraction of sp³-hybridized carbons (Fsp3) is 0.478. The van der Waals surface area contributed by atoms with Gasteiger partial charge in [0, 0.05) is 6.04 Å². The van der Waals surface area contributed by atoms with Gasteiger partial charge in [0.05, 0.1) is 7.11 Å². The Hall–Kier alpha value is -1.80. The van der Waals surface area contributed by atoms with E-state index in [-0.39, 0.29) is 6.04 Å². The number of nitrogens with two attached hydrogens (primary N) is 1. The summed E-state index contributed by atoms with van der Waals surface area (Å²) in [5, 5.41) is 0. The molecule has 136 valence electrons. The van der Waals surface area contributed by atoms with Gasteiger partial charge in [-0.1, -0.05) is 39.8 Å². The van der Waals surface area contributed by atoms with Crippen molar-refractivity contribution in [3.05, 3.63) is 52.1 Å². The molecule has 1 aliphatic carbocycles. The number of aryl methyl sites for hydroxylation is 2. The zero-order chi connectivity index (χ0) is 18.6. The molecule has 0 radical (unpaired) electrons. The minimum atomic E-state index is 0.0713. The second-order valence-corrected chi connectivity index (χ2v) is 6.48. The van der Waals surface area contributed by atoms with E-state index in [1.54, 1.807) is 7.11 Å². The number of benzene rings is 2. The van der Waals surface area contributed by atoms with Gasteiger partial charge >= 0.3 is 0 Å². The van der Waals surface area contributed by atoms with Crippen molar-refractivity contribution in [2.24, 2.45) is 5.73 Å². The molecule has 0 fully saturated rings. The first-order valence-corrected chi connectivity index (χ1v) is 9.68. The predicted octanol–water partition coefficient (Wildman–Crippen LogP) is 5.77. The van der Waals surface area contributed by atoms with Crippen LogP contribution in [0.3, 0.4) is 0 Å². The zero-order valence-corrected chi connectivity index (χ0v) is 16.7. The Kier molecular flexibility index (Phi) is 6.66. The molecule has 2 aromatic rings. The van der Waals surface area contributed by atoms with Gasteiger partial charge in [-0.3, -0.25) is 0 Å². The molecule has 1 atom stereocenters. The minimum absolute atomic E-state index is 0.0713. The third-order valence-electron chi connectivity index (χ3n) is 5.27. The quantitative estimate of drug-likeness (QED) is 0.770. The SMILES string of the molecule is CC.CCc1cc2c(c(C)c1CC)-c1ccc(OC)cc1[C@@H](N)CC2. The van der Waals surface area contributed by atoms with Gasteiger partial charge in [-0.15, -0.1) is 0 Å². The molecule has 0 amide bonds. The average Bonchev–Trinajstić information content (AvgIpc) is 2.80. The highest BCUT2D eigenvalue weighted by Crippen LogP contribution is 2.41. The van der Waals surface area contributed by atoms with Gasteiger partial charge in [0.15, 0.2) is 0 Å². The summed E-state index contributed by atoms with van der Waals surface area (Å²) in [5.41, 5.74) is 16.3. The van der Waals surface area contributed by atoms with Crippen LogP contribution >= 0.6 is 0 Å². The molecule has 2 nitrogen and oxygen atoms in total. The van der Waals surface area contributed by atoms with Crippen LogP contribution in [0, 0.1) is 6.92 Å². The highest BCUT2D eigenvalue weighted by atomic mass is 16.5. The van der Waals surface area contributed by atoms with Crippen LogP contribution in [0.1, 0.15) is 68.0 Å². The molecule has 2 heteroatoms. The number of hydrogen-bond donors (Lipinski definition) is 1. The molecule has 0 bridgehead atoms. The lowest BCUT2D eigenvalue weighted by molar-refractivity contribution is 0.414. The topological polar surface area (TPSA) is 35.2 Å². The van der Waals surface area contributed by atoms with E-state index in [1.807, 2.05) is 13.8 Å². The van der Waals surface area contributed by atoms with E-state index < -0.39 is 0 Å². The van der Waals surface area contributed by atoms with Gasteiger partial charge in [0.25, 0.3) is 0 Å². The van der Waals surface area contributed by atoms with Crippen LogP contribution < -0.4 is 10.5 Å². The molecule has 2 N–H and O–H groups in total. The van der Waals surface area contributed by atoms with Gasteiger partial charge in [0.2, 0.25) is 0 Å². The van der Waals surface area contributed by atoms with Gasteiger partial charge in [-0.2, -0.15) is 0 Å². The van der Waals surface area contributed by atoms with Gasteiger partial charge in [-0.25, -0.2) is 0 Å². The molecule has 0 heterocycles. The summed E-state index contributed by atoms with van der Waals surface area (Å²) in [7, 11) is 1.71. The fourth-order valence-electron chi connectivity index (χ4n) is 4.05. The lowest BCUT2D eigenvalue weighted by Crippen LogP contribution is -2.10. The normalized spacial score (nSPS) is 15.4. The van der Waals surface area contributed by atoms with Gasteiger partial charge in [-0.05, 0) is 83.7 Å². The van der Waals surface area contributed by atoms with E-state index in [0.29, 0.717) is 0 Å². The first-order valence-electron chi connectivity index (χ1n) is 9.68. The van der Waals surface area contributed by atoms with E-state index in [4.69, 9.17) is 10.5 Å². The van der Waals surface area contributed by atoms with Crippen LogP contribution in [0.15, 0.2) is 24.3 Å². The molecule has 2 aromatic carbocycles. The lowest BCUT2D eigenvalue weighted by atomic mass is 9.85.